The highest BCUT2D eigenvalue weighted by atomic mass is 32.2. The lowest BCUT2D eigenvalue weighted by Crippen LogP contribution is -2.28. The quantitative estimate of drug-likeness (QED) is 0.0858. The van der Waals surface area contributed by atoms with E-state index in [1.54, 1.807) is 18.2 Å². The molecule has 3 aromatic carbocycles. The Morgan fingerprint density at radius 2 is 1.50 bits per heavy atom. The molecule has 262 valence electrons. The van der Waals surface area contributed by atoms with Gasteiger partial charge in [0, 0.05) is 47.4 Å². The van der Waals surface area contributed by atoms with Gasteiger partial charge in [0.05, 0.1) is 16.0 Å². The Morgan fingerprint density at radius 1 is 0.840 bits per heavy atom. The molecule has 12 heteroatoms. The fourth-order valence-electron chi connectivity index (χ4n) is 6.05. The highest BCUT2D eigenvalue weighted by Gasteiger charge is 2.28. The van der Waals surface area contributed by atoms with Crippen LogP contribution >= 0.6 is 11.3 Å². The van der Waals surface area contributed by atoms with Gasteiger partial charge in [0.25, 0.3) is 5.91 Å². The number of thiophene rings is 1. The molecular weight excluding hydrogens is 677 g/mol. The average Bonchev–Trinajstić information content (AvgIpc) is 3.47. The van der Waals surface area contributed by atoms with Crippen LogP contribution in [0, 0.1) is 0 Å². The summed E-state index contributed by atoms with van der Waals surface area (Å²) in [5, 5.41) is 21.0. The maximum atomic E-state index is 13.8. The monoisotopic (exact) mass is 716 g/mol. The number of carbonyl (C=O) groups excluding carboxylic acids is 2. The molecular formula is C38H40N2O8S2. The minimum Gasteiger partial charge on any atom is -0.481 e. The van der Waals surface area contributed by atoms with E-state index in [9.17, 15) is 27.6 Å². The van der Waals surface area contributed by atoms with Gasteiger partial charge in [-0.3, -0.25) is 14.4 Å². The largest absolute Gasteiger partial charge is 0.481 e. The van der Waals surface area contributed by atoms with Gasteiger partial charge >= 0.3 is 11.9 Å². The molecule has 1 amide bonds. The Kier molecular flexibility index (Phi) is 12.0. The van der Waals surface area contributed by atoms with Crippen molar-refractivity contribution in [3.05, 3.63) is 116 Å². The van der Waals surface area contributed by atoms with E-state index in [1.165, 1.54) is 40.9 Å². The lowest BCUT2D eigenvalue weighted by Gasteiger charge is -2.17. The third-order valence-electron chi connectivity index (χ3n) is 8.89. The Morgan fingerprint density at radius 3 is 2.16 bits per heavy atom. The number of carboxylic acid groups (broad SMARTS) is 2. The molecule has 1 heterocycles. The van der Waals surface area contributed by atoms with E-state index in [4.69, 9.17) is 10.2 Å². The van der Waals surface area contributed by atoms with E-state index in [0.717, 1.165) is 60.1 Å². The van der Waals surface area contributed by atoms with Crippen LogP contribution < -0.4 is 5.32 Å². The summed E-state index contributed by atoms with van der Waals surface area (Å²) in [4.78, 5) is 51.0. The van der Waals surface area contributed by atoms with Crippen LogP contribution in [0.5, 0.6) is 0 Å². The predicted octanol–water partition coefficient (Wildman–Crippen LogP) is 6.66. The van der Waals surface area contributed by atoms with Crippen LogP contribution in [0.4, 0.5) is 5.69 Å². The summed E-state index contributed by atoms with van der Waals surface area (Å²) in [7, 11) is -2.47. The molecule has 0 aliphatic heterocycles. The predicted molar refractivity (Wildman–Crippen MR) is 192 cm³/mol. The number of amides is 1. The number of unbranched alkanes of at least 4 members (excludes halogenated alkanes) is 1. The van der Waals surface area contributed by atoms with Crippen molar-refractivity contribution in [2.75, 3.05) is 18.9 Å². The van der Waals surface area contributed by atoms with Gasteiger partial charge in [-0.15, -0.1) is 11.3 Å². The van der Waals surface area contributed by atoms with Crippen molar-refractivity contribution in [3.8, 4) is 0 Å². The van der Waals surface area contributed by atoms with E-state index in [-0.39, 0.29) is 47.1 Å². The molecule has 3 N–H and O–H groups in total. The number of nitrogens with zero attached hydrogens (tertiary/aromatic N) is 1. The molecule has 0 unspecified atom stereocenters. The second kappa shape index (κ2) is 16.4. The molecule has 5 rings (SSSR count). The van der Waals surface area contributed by atoms with Gasteiger partial charge in [-0.25, -0.2) is 17.5 Å². The third-order valence-corrected chi connectivity index (χ3v) is 12.0. The summed E-state index contributed by atoms with van der Waals surface area (Å²) in [6.07, 6.45) is 5.72. The second-order valence-corrected chi connectivity index (χ2v) is 15.7. The minimum absolute atomic E-state index is 0.0212. The van der Waals surface area contributed by atoms with Crippen molar-refractivity contribution in [1.82, 2.24) is 4.31 Å². The first-order valence-corrected chi connectivity index (χ1v) is 18.9. The van der Waals surface area contributed by atoms with Crippen LogP contribution in [0.1, 0.15) is 89.6 Å². The molecule has 0 saturated carbocycles. The maximum absolute atomic E-state index is 13.8. The molecule has 1 aliphatic rings. The number of aliphatic carboxylic acids is 1. The summed E-state index contributed by atoms with van der Waals surface area (Å²) < 4.78 is 27.6. The number of aromatic carboxylic acids is 1. The number of anilines is 1. The van der Waals surface area contributed by atoms with Crippen LogP contribution in [-0.4, -0.2) is 60.2 Å². The molecule has 0 radical (unpaired) electrons. The molecule has 1 aliphatic carbocycles. The van der Waals surface area contributed by atoms with Crippen molar-refractivity contribution in [1.29, 1.82) is 0 Å². The molecule has 10 nitrogen and oxygen atoms in total. The Hall–Kier alpha value is -4.65. The number of Topliss-reactive ketones (excluding diaryl/α,β-unsaturated/α-hetero) is 1. The van der Waals surface area contributed by atoms with E-state index in [0.29, 0.717) is 29.0 Å². The topological polar surface area (TPSA) is 158 Å². The van der Waals surface area contributed by atoms with Crippen LogP contribution in [-0.2, 0) is 46.9 Å². The minimum atomic E-state index is -3.90. The second-order valence-electron chi connectivity index (χ2n) is 12.5. The smallest absolute Gasteiger partial charge is 0.335 e. The lowest BCUT2D eigenvalue weighted by atomic mass is 9.93. The molecule has 50 heavy (non-hydrogen) atoms. The van der Waals surface area contributed by atoms with Crippen LogP contribution in [0.15, 0.2) is 77.7 Å². The first-order chi connectivity index (χ1) is 23.9. The van der Waals surface area contributed by atoms with Crippen LogP contribution in [0.25, 0.3) is 0 Å². The van der Waals surface area contributed by atoms with Crippen molar-refractivity contribution in [3.63, 3.8) is 0 Å². The standard InChI is InChI=1S/C38H40N2O8S2/c1-40(22-5-4-11-35(42)43)50(47,48)30-8-6-7-28(23-30)32(41)24-34-36(31-9-2-3-10-33(31)49-34)37(44)39-29-20-16-26(17-21-29)13-12-25-14-18-27(19-15-25)38(45)46/h6-8,14-21,23H,2-5,9-13,22,24H2,1H3,(H,39,44)(H,42,43)(H,45,46). The van der Waals surface area contributed by atoms with Gasteiger partial charge in [0.15, 0.2) is 5.78 Å². The van der Waals surface area contributed by atoms with E-state index in [1.807, 2.05) is 36.4 Å². The molecule has 0 fully saturated rings. The number of sulfonamides is 1. The van der Waals surface area contributed by atoms with Crippen molar-refractivity contribution >= 4 is 50.7 Å². The third kappa shape index (κ3) is 9.12. The van der Waals surface area contributed by atoms with E-state index in [2.05, 4.69) is 5.32 Å². The number of aryl methyl sites for hydroxylation is 3. The molecule has 0 atom stereocenters. The number of fused-ring (bicyclic) bond motifs is 1. The van der Waals surface area contributed by atoms with E-state index >= 15 is 0 Å². The normalized spacial score (nSPS) is 12.8. The molecule has 0 spiro atoms. The first-order valence-electron chi connectivity index (χ1n) is 16.6. The van der Waals surface area contributed by atoms with Gasteiger partial charge in [0.1, 0.15) is 0 Å². The van der Waals surface area contributed by atoms with Gasteiger partial charge in [-0.05, 0) is 104 Å². The van der Waals surface area contributed by atoms with E-state index < -0.39 is 22.0 Å². The van der Waals surface area contributed by atoms with Gasteiger partial charge in [0.2, 0.25) is 10.0 Å². The zero-order valence-corrected chi connectivity index (χ0v) is 29.4. The number of nitrogens with one attached hydrogen (secondary N) is 1. The highest BCUT2D eigenvalue weighted by molar-refractivity contribution is 7.89. The summed E-state index contributed by atoms with van der Waals surface area (Å²) in [6.45, 7) is 0.153. The summed E-state index contributed by atoms with van der Waals surface area (Å²) in [5.41, 5.74) is 4.71. The first kappa shape index (κ1) is 36.6. The Bertz CT molecular complexity index is 1980. The number of ketones is 1. The molecule has 4 aromatic rings. The van der Waals surface area contributed by atoms with Gasteiger partial charge in [-0.1, -0.05) is 36.4 Å². The summed E-state index contributed by atoms with van der Waals surface area (Å²) in [6, 6.07) is 20.3. The number of carboxylic acids is 2. The Labute approximate surface area is 295 Å². The van der Waals surface area contributed by atoms with Crippen molar-refractivity contribution < 1.29 is 37.8 Å². The number of benzene rings is 3. The molecule has 0 saturated heterocycles. The summed E-state index contributed by atoms with van der Waals surface area (Å²) in [5.74, 6) is -2.46. The number of carbonyl (C=O) groups is 4. The number of hydrogen-bond donors (Lipinski definition) is 3. The fourth-order valence-corrected chi connectivity index (χ4v) is 8.70. The number of hydrogen-bond acceptors (Lipinski definition) is 7. The highest BCUT2D eigenvalue weighted by Crippen LogP contribution is 2.36. The van der Waals surface area contributed by atoms with Crippen LogP contribution in [0.2, 0.25) is 0 Å². The SMILES string of the molecule is CN(CCCCC(=O)O)S(=O)(=O)c1cccc(C(=O)Cc2sc3c(c2C(=O)Nc2ccc(CCc4ccc(C(=O)O)cc4)cc2)CCCC3)c1. The van der Waals surface area contributed by atoms with Gasteiger partial charge in [-0.2, -0.15) is 0 Å². The average molecular weight is 717 g/mol. The maximum Gasteiger partial charge on any atom is 0.335 e. The molecule has 0 bridgehead atoms. The Balaban J connectivity index is 1.27. The van der Waals surface area contributed by atoms with Crippen molar-refractivity contribution in [2.24, 2.45) is 0 Å². The zero-order chi connectivity index (χ0) is 35.8. The lowest BCUT2D eigenvalue weighted by molar-refractivity contribution is -0.137. The van der Waals surface area contributed by atoms with Crippen LogP contribution in [0.3, 0.4) is 0 Å². The zero-order valence-electron chi connectivity index (χ0n) is 27.8. The molecule has 1 aromatic heterocycles. The van der Waals surface area contributed by atoms with Gasteiger partial charge < -0.3 is 15.5 Å². The van der Waals surface area contributed by atoms with Crippen molar-refractivity contribution in [2.45, 2.75) is 69.1 Å². The fraction of sp³-hybridized carbons (Fsp3) is 0.316. The number of rotatable bonds is 16. The summed E-state index contributed by atoms with van der Waals surface area (Å²) >= 11 is 1.48.